The van der Waals surface area contributed by atoms with Gasteiger partial charge in [0.25, 0.3) is 0 Å². The lowest BCUT2D eigenvalue weighted by molar-refractivity contribution is 0.361. The van der Waals surface area contributed by atoms with Crippen molar-refractivity contribution in [2.45, 2.75) is 38.6 Å². The first-order chi connectivity index (χ1) is 9.33. The lowest BCUT2D eigenvalue weighted by Crippen LogP contribution is -2.25. The number of para-hydroxylation sites is 2. The number of benzene rings is 1. The van der Waals surface area contributed by atoms with Gasteiger partial charge in [0.15, 0.2) is 0 Å². The van der Waals surface area contributed by atoms with Crippen molar-refractivity contribution in [3.05, 3.63) is 36.7 Å². The quantitative estimate of drug-likeness (QED) is 0.916. The van der Waals surface area contributed by atoms with E-state index in [0.717, 1.165) is 17.3 Å². The smallest absolute Gasteiger partial charge is 0.0894 e. The van der Waals surface area contributed by atoms with E-state index in [1.165, 1.54) is 25.7 Å². The maximum Gasteiger partial charge on any atom is 0.0894 e. The Morgan fingerprint density at radius 3 is 2.68 bits per heavy atom. The van der Waals surface area contributed by atoms with Gasteiger partial charge < -0.3 is 5.32 Å². The largest absolute Gasteiger partial charge is 0.381 e. The fraction of sp³-hybridized carbons (Fsp3) is 0.467. The van der Waals surface area contributed by atoms with Gasteiger partial charge in [-0.25, -0.2) is 4.68 Å². The van der Waals surface area contributed by atoms with Crippen molar-refractivity contribution in [2.24, 2.45) is 5.92 Å². The van der Waals surface area contributed by atoms with Gasteiger partial charge in [0.2, 0.25) is 0 Å². The van der Waals surface area contributed by atoms with Gasteiger partial charge in [-0.15, -0.1) is 5.10 Å². The van der Waals surface area contributed by atoms with E-state index in [1.807, 2.05) is 16.9 Å². The molecule has 0 spiro atoms. The Balaban J connectivity index is 1.78. The minimum atomic E-state index is 0.584. The van der Waals surface area contributed by atoms with Crippen LogP contribution in [0.25, 0.3) is 5.69 Å². The monoisotopic (exact) mass is 256 g/mol. The predicted octanol–water partition coefficient (Wildman–Crippen LogP) is 3.26. The Morgan fingerprint density at radius 1 is 1.16 bits per heavy atom. The number of nitrogens with one attached hydrogen (secondary N) is 1. The normalized spacial score (nSPS) is 23.2. The van der Waals surface area contributed by atoms with Crippen LogP contribution in [0.2, 0.25) is 0 Å². The van der Waals surface area contributed by atoms with Crippen molar-refractivity contribution in [1.82, 2.24) is 15.0 Å². The summed E-state index contributed by atoms with van der Waals surface area (Å²) in [5, 5.41) is 11.6. The van der Waals surface area contributed by atoms with Crippen molar-refractivity contribution in [3.8, 4) is 5.69 Å². The van der Waals surface area contributed by atoms with Crippen molar-refractivity contribution in [3.63, 3.8) is 0 Å². The molecule has 4 heteroatoms. The molecule has 0 bridgehead atoms. The van der Waals surface area contributed by atoms with E-state index < -0.39 is 0 Å². The topological polar surface area (TPSA) is 42.7 Å². The van der Waals surface area contributed by atoms with Crippen LogP contribution in [0.15, 0.2) is 36.7 Å². The summed E-state index contributed by atoms with van der Waals surface area (Å²) < 4.78 is 1.81. The molecular weight excluding hydrogens is 236 g/mol. The second-order valence-corrected chi connectivity index (χ2v) is 5.47. The van der Waals surface area contributed by atoms with Gasteiger partial charge in [-0.2, -0.15) is 0 Å². The van der Waals surface area contributed by atoms with Crippen LogP contribution in [0.5, 0.6) is 0 Å². The summed E-state index contributed by atoms with van der Waals surface area (Å²) in [7, 11) is 0. The second-order valence-electron chi connectivity index (χ2n) is 5.47. The molecule has 0 radical (unpaired) electrons. The summed E-state index contributed by atoms with van der Waals surface area (Å²) in [6.07, 6.45) is 8.74. The molecule has 1 fully saturated rings. The maximum atomic E-state index is 4.08. The van der Waals surface area contributed by atoms with Gasteiger partial charge in [0.1, 0.15) is 0 Å². The molecule has 1 saturated carbocycles. The van der Waals surface area contributed by atoms with Crippen LogP contribution in [-0.4, -0.2) is 21.0 Å². The lowest BCUT2D eigenvalue weighted by Gasteiger charge is -2.28. The van der Waals surface area contributed by atoms with Gasteiger partial charge >= 0.3 is 0 Å². The molecule has 1 aromatic heterocycles. The molecule has 0 aliphatic heterocycles. The lowest BCUT2D eigenvalue weighted by atomic mass is 9.87. The first kappa shape index (κ1) is 12.2. The number of nitrogens with zero attached hydrogens (tertiary/aromatic N) is 3. The Labute approximate surface area is 113 Å². The Morgan fingerprint density at radius 2 is 1.95 bits per heavy atom. The average Bonchev–Trinajstić information content (AvgIpc) is 2.96. The molecule has 2 aromatic rings. The van der Waals surface area contributed by atoms with E-state index in [0.29, 0.717) is 6.04 Å². The first-order valence-corrected chi connectivity index (χ1v) is 7.05. The van der Waals surface area contributed by atoms with E-state index in [9.17, 15) is 0 Å². The fourth-order valence-electron chi connectivity index (χ4n) is 2.76. The molecule has 1 aliphatic rings. The molecule has 3 rings (SSSR count). The van der Waals surface area contributed by atoms with Gasteiger partial charge in [-0.05, 0) is 43.7 Å². The Bertz CT molecular complexity index is 513. The van der Waals surface area contributed by atoms with E-state index in [1.54, 1.807) is 6.20 Å². The van der Waals surface area contributed by atoms with Gasteiger partial charge in [-0.1, -0.05) is 24.3 Å². The molecule has 19 heavy (non-hydrogen) atoms. The third-order valence-electron chi connectivity index (χ3n) is 3.95. The van der Waals surface area contributed by atoms with Crippen LogP contribution in [-0.2, 0) is 0 Å². The SMILES string of the molecule is CC1CCC(Nc2ccccc2-n2ccnn2)CC1. The Hall–Kier alpha value is -1.84. The minimum Gasteiger partial charge on any atom is -0.381 e. The van der Waals surface area contributed by atoms with Crippen LogP contribution in [0.1, 0.15) is 32.6 Å². The zero-order valence-corrected chi connectivity index (χ0v) is 11.3. The Kier molecular flexibility index (Phi) is 3.49. The minimum absolute atomic E-state index is 0.584. The highest BCUT2D eigenvalue weighted by molar-refractivity contribution is 5.60. The standard InChI is InChI=1S/C15H20N4/c1-12-6-8-13(9-7-12)17-14-4-2-3-5-15(14)19-11-10-16-18-19/h2-5,10-13,17H,6-9H2,1H3. The number of rotatable bonds is 3. The van der Waals surface area contributed by atoms with E-state index >= 15 is 0 Å². The van der Waals surface area contributed by atoms with Crippen molar-refractivity contribution in [1.29, 1.82) is 0 Å². The average molecular weight is 256 g/mol. The highest BCUT2D eigenvalue weighted by atomic mass is 15.4. The number of aromatic nitrogens is 3. The predicted molar refractivity (Wildman–Crippen MR) is 76.4 cm³/mol. The summed E-state index contributed by atoms with van der Waals surface area (Å²) in [4.78, 5) is 0. The number of hydrogen-bond acceptors (Lipinski definition) is 3. The summed E-state index contributed by atoms with van der Waals surface area (Å²) in [6.45, 7) is 2.35. The zero-order valence-electron chi connectivity index (χ0n) is 11.3. The fourth-order valence-corrected chi connectivity index (χ4v) is 2.76. The molecule has 1 N–H and O–H groups in total. The number of anilines is 1. The van der Waals surface area contributed by atoms with Crippen LogP contribution in [0.4, 0.5) is 5.69 Å². The summed E-state index contributed by atoms with van der Waals surface area (Å²) in [6, 6.07) is 8.87. The molecule has 100 valence electrons. The molecule has 0 saturated heterocycles. The number of hydrogen-bond donors (Lipinski definition) is 1. The highest BCUT2D eigenvalue weighted by Crippen LogP contribution is 2.28. The van der Waals surface area contributed by atoms with Crippen LogP contribution < -0.4 is 5.32 Å². The summed E-state index contributed by atoms with van der Waals surface area (Å²) in [5.41, 5.74) is 2.21. The molecule has 0 unspecified atom stereocenters. The van der Waals surface area contributed by atoms with Crippen molar-refractivity contribution >= 4 is 5.69 Å². The maximum absolute atomic E-state index is 4.08. The van der Waals surface area contributed by atoms with E-state index in [4.69, 9.17) is 0 Å². The third-order valence-corrected chi connectivity index (χ3v) is 3.95. The van der Waals surface area contributed by atoms with Crippen LogP contribution >= 0.6 is 0 Å². The van der Waals surface area contributed by atoms with Crippen LogP contribution in [0, 0.1) is 5.92 Å². The highest BCUT2D eigenvalue weighted by Gasteiger charge is 2.18. The van der Waals surface area contributed by atoms with E-state index in [2.05, 4.69) is 40.8 Å². The molecule has 4 nitrogen and oxygen atoms in total. The molecular formula is C15H20N4. The van der Waals surface area contributed by atoms with Gasteiger partial charge in [-0.3, -0.25) is 0 Å². The van der Waals surface area contributed by atoms with E-state index in [-0.39, 0.29) is 0 Å². The molecule has 1 aromatic carbocycles. The zero-order chi connectivity index (χ0) is 13.1. The molecule has 0 atom stereocenters. The van der Waals surface area contributed by atoms with Crippen molar-refractivity contribution in [2.75, 3.05) is 5.32 Å². The summed E-state index contributed by atoms with van der Waals surface area (Å²) >= 11 is 0. The van der Waals surface area contributed by atoms with Crippen LogP contribution in [0.3, 0.4) is 0 Å². The second kappa shape index (κ2) is 5.43. The molecule has 1 heterocycles. The van der Waals surface area contributed by atoms with Gasteiger partial charge in [0.05, 0.1) is 23.8 Å². The molecule has 1 aliphatic carbocycles. The van der Waals surface area contributed by atoms with Gasteiger partial charge in [0, 0.05) is 6.04 Å². The molecule has 0 amide bonds. The third kappa shape index (κ3) is 2.78. The first-order valence-electron chi connectivity index (χ1n) is 7.05. The van der Waals surface area contributed by atoms with Crippen molar-refractivity contribution < 1.29 is 0 Å². The summed E-state index contributed by atoms with van der Waals surface area (Å²) in [5.74, 6) is 0.878.